The minimum Gasteiger partial charge on any atom is -0.388 e. The van der Waals surface area contributed by atoms with Gasteiger partial charge in [0, 0.05) is 13.2 Å². The number of alkyl halides is 3. The monoisotopic (exact) mass is 284 g/mol. The van der Waals surface area contributed by atoms with E-state index in [0.29, 0.717) is 6.42 Å². The largest absolute Gasteiger partial charge is 0.416 e. The van der Waals surface area contributed by atoms with E-state index in [2.05, 4.69) is 5.10 Å². The molecule has 2 rings (SSSR count). The first kappa shape index (κ1) is 14.6. The molecule has 0 radical (unpaired) electrons. The van der Waals surface area contributed by atoms with E-state index in [0.717, 1.165) is 11.6 Å². The van der Waals surface area contributed by atoms with Crippen molar-refractivity contribution in [2.75, 3.05) is 0 Å². The molecule has 2 aromatic rings. The van der Waals surface area contributed by atoms with Crippen LogP contribution in [0.5, 0.6) is 0 Å². The molecule has 1 aromatic heterocycles. The number of aliphatic hydroxyl groups is 1. The summed E-state index contributed by atoms with van der Waals surface area (Å²) in [5.41, 5.74) is 0.0265. The summed E-state index contributed by atoms with van der Waals surface area (Å²) in [6, 6.07) is 5.12. The van der Waals surface area contributed by atoms with Crippen LogP contribution in [-0.2, 0) is 19.6 Å². The van der Waals surface area contributed by atoms with Gasteiger partial charge in [0.1, 0.15) is 0 Å². The van der Waals surface area contributed by atoms with E-state index in [-0.39, 0.29) is 12.0 Å². The fourth-order valence-electron chi connectivity index (χ4n) is 2.11. The second-order valence-electron chi connectivity index (χ2n) is 4.66. The van der Waals surface area contributed by atoms with Gasteiger partial charge in [0.05, 0.1) is 17.9 Å². The predicted molar refractivity (Wildman–Crippen MR) is 67.9 cm³/mol. The molecule has 0 aliphatic rings. The van der Waals surface area contributed by atoms with Gasteiger partial charge in [-0.25, -0.2) is 0 Å². The molecule has 20 heavy (non-hydrogen) atoms. The fourth-order valence-corrected chi connectivity index (χ4v) is 2.11. The quantitative estimate of drug-likeness (QED) is 0.936. The van der Waals surface area contributed by atoms with Crippen LogP contribution in [-0.4, -0.2) is 14.9 Å². The highest BCUT2D eigenvalue weighted by Gasteiger charge is 2.34. The first-order chi connectivity index (χ1) is 9.38. The molecule has 3 nitrogen and oxygen atoms in total. The minimum atomic E-state index is -4.45. The molecule has 108 valence electrons. The van der Waals surface area contributed by atoms with Crippen molar-refractivity contribution in [3.05, 3.63) is 53.3 Å². The van der Waals surface area contributed by atoms with Crippen LogP contribution in [0.15, 0.2) is 36.7 Å². The third kappa shape index (κ3) is 3.39. The van der Waals surface area contributed by atoms with Crippen molar-refractivity contribution in [2.24, 2.45) is 7.05 Å². The summed E-state index contributed by atoms with van der Waals surface area (Å²) in [7, 11) is 1.76. The van der Waals surface area contributed by atoms with Crippen molar-refractivity contribution in [1.82, 2.24) is 9.78 Å². The molecule has 0 saturated carbocycles. The van der Waals surface area contributed by atoms with E-state index >= 15 is 0 Å². The van der Waals surface area contributed by atoms with Gasteiger partial charge in [0.2, 0.25) is 0 Å². The summed E-state index contributed by atoms with van der Waals surface area (Å²) in [6.45, 7) is 0. The Bertz CT molecular complexity index is 578. The Morgan fingerprint density at radius 1 is 1.30 bits per heavy atom. The molecule has 1 unspecified atom stereocenters. The van der Waals surface area contributed by atoms with Gasteiger partial charge < -0.3 is 5.11 Å². The highest BCUT2D eigenvalue weighted by molar-refractivity contribution is 5.31. The highest BCUT2D eigenvalue weighted by atomic mass is 19.4. The maximum atomic E-state index is 12.9. The lowest BCUT2D eigenvalue weighted by Crippen LogP contribution is -2.12. The van der Waals surface area contributed by atoms with Crippen molar-refractivity contribution in [3.63, 3.8) is 0 Å². The number of hydrogen-bond acceptors (Lipinski definition) is 2. The lowest BCUT2D eigenvalue weighted by molar-refractivity contribution is -0.139. The zero-order chi connectivity index (χ0) is 14.8. The molecule has 1 N–H and O–H groups in total. The summed E-state index contributed by atoms with van der Waals surface area (Å²) in [6.07, 6.45) is -1.48. The van der Waals surface area contributed by atoms with E-state index in [1.807, 2.05) is 0 Å². The normalized spacial score (nSPS) is 13.4. The number of aryl methyl sites for hydroxylation is 2. The smallest absolute Gasteiger partial charge is 0.388 e. The Balaban J connectivity index is 2.11. The maximum Gasteiger partial charge on any atom is 0.416 e. The van der Waals surface area contributed by atoms with E-state index < -0.39 is 17.8 Å². The first-order valence-electron chi connectivity index (χ1n) is 6.19. The Labute approximate surface area is 114 Å². The van der Waals surface area contributed by atoms with Crippen LogP contribution < -0.4 is 0 Å². The molecule has 6 heteroatoms. The Kier molecular flexibility index (Phi) is 4.13. The molecule has 1 aromatic carbocycles. The lowest BCUT2D eigenvalue weighted by Gasteiger charge is -2.17. The van der Waals surface area contributed by atoms with Gasteiger partial charge in [-0.1, -0.05) is 18.2 Å². The average molecular weight is 284 g/mol. The number of aromatic nitrogens is 2. The number of hydrogen-bond donors (Lipinski definition) is 1. The van der Waals surface area contributed by atoms with Crippen LogP contribution in [0.1, 0.15) is 29.2 Å². The van der Waals surface area contributed by atoms with Gasteiger partial charge >= 0.3 is 6.18 Å². The molecule has 0 aliphatic heterocycles. The molecule has 0 amide bonds. The third-order valence-corrected chi connectivity index (χ3v) is 3.09. The summed E-state index contributed by atoms with van der Waals surface area (Å²) >= 11 is 0. The molecule has 1 atom stereocenters. The second kappa shape index (κ2) is 5.66. The summed E-state index contributed by atoms with van der Waals surface area (Å²) < 4.78 is 40.2. The van der Waals surface area contributed by atoms with Crippen molar-refractivity contribution < 1.29 is 18.3 Å². The van der Waals surface area contributed by atoms with Crippen LogP contribution in [0.2, 0.25) is 0 Å². The van der Waals surface area contributed by atoms with Crippen LogP contribution >= 0.6 is 0 Å². The summed E-state index contributed by atoms with van der Waals surface area (Å²) in [5, 5.41) is 14.0. The third-order valence-electron chi connectivity index (χ3n) is 3.09. The number of halogens is 3. The summed E-state index contributed by atoms with van der Waals surface area (Å²) in [4.78, 5) is 0. The zero-order valence-electron chi connectivity index (χ0n) is 10.9. The van der Waals surface area contributed by atoms with E-state index in [1.54, 1.807) is 24.1 Å². The van der Waals surface area contributed by atoms with Gasteiger partial charge in [-0.2, -0.15) is 18.3 Å². The zero-order valence-corrected chi connectivity index (χ0v) is 10.9. The van der Waals surface area contributed by atoms with Crippen molar-refractivity contribution in [3.8, 4) is 0 Å². The second-order valence-corrected chi connectivity index (χ2v) is 4.66. The van der Waals surface area contributed by atoms with Gasteiger partial charge in [0.15, 0.2) is 0 Å². The number of rotatable bonds is 4. The van der Waals surface area contributed by atoms with Crippen LogP contribution in [0.25, 0.3) is 0 Å². The molecular weight excluding hydrogens is 269 g/mol. The molecule has 0 saturated heterocycles. The van der Waals surface area contributed by atoms with Gasteiger partial charge in [-0.05, 0) is 30.0 Å². The maximum absolute atomic E-state index is 12.9. The topological polar surface area (TPSA) is 38.0 Å². The van der Waals surface area contributed by atoms with Crippen LogP contribution in [0.3, 0.4) is 0 Å². The predicted octanol–water partition coefficient (Wildman–Crippen LogP) is 3.11. The lowest BCUT2D eigenvalue weighted by atomic mass is 9.97. The molecular formula is C14H15F3N2O. The van der Waals surface area contributed by atoms with E-state index in [4.69, 9.17) is 0 Å². The molecule has 1 heterocycles. The Morgan fingerprint density at radius 3 is 2.60 bits per heavy atom. The molecule has 0 aliphatic carbocycles. The standard InChI is InChI=1S/C14H15F3N2O/c1-19-9-10(8-18-19)6-7-13(20)11-4-2-3-5-12(11)14(15,16)17/h2-5,8-9,13,20H,6-7H2,1H3. The van der Waals surface area contributed by atoms with Gasteiger partial charge in [-0.15, -0.1) is 0 Å². The van der Waals surface area contributed by atoms with Crippen molar-refractivity contribution in [1.29, 1.82) is 0 Å². The van der Waals surface area contributed by atoms with E-state index in [1.165, 1.54) is 18.2 Å². The van der Waals surface area contributed by atoms with Gasteiger partial charge in [0.25, 0.3) is 0 Å². The van der Waals surface area contributed by atoms with Gasteiger partial charge in [-0.3, -0.25) is 4.68 Å². The molecule has 0 fully saturated rings. The fraction of sp³-hybridized carbons (Fsp3) is 0.357. The first-order valence-corrected chi connectivity index (χ1v) is 6.19. The van der Waals surface area contributed by atoms with Crippen LogP contribution in [0, 0.1) is 0 Å². The minimum absolute atomic E-state index is 0.0797. The Hall–Kier alpha value is -1.82. The average Bonchev–Trinajstić information content (AvgIpc) is 2.81. The van der Waals surface area contributed by atoms with Crippen molar-refractivity contribution in [2.45, 2.75) is 25.1 Å². The highest BCUT2D eigenvalue weighted by Crippen LogP contribution is 2.35. The summed E-state index contributed by atoms with van der Waals surface area (Å²) in [5.74, 6) is 0. The van der Waals surface area contributed by atoms with E-state index in [9.17, 15) is 18.3 Å². The molecule has 0 bridgehead atoms. The number of benzene rings is 1. The SMILES string of the molecule is Cn1cc(CCC(O)c2ccccc2C(F)(F)F)cn1. The molecule has 0 spiro atoms. The Morgan fingerprint density at radius 2 is 2.00 bits per heavy atom. The number of aliphatic hydroxyl groups excluding tert-OH is 1. The van der Waals surface area contributed by atoms with Crippen molar-refractivity contribution >= 4 is 0 Å². The number of nitrogens with zero attached hydrogens (tertiary/aromatic N) is 2. The van der Waals surface area contributed by atoms with Crippen LogP contribution in [0.4, 0.5) is 13.2 Å².